The van der Waals surface area contributed by atoms with Crippen LogP contribution in [0.1, 0.15) is 10.4 Å². The number of carbonyl (C=O) groups excluding carboxylic acids is 1. The number of para-hydroxylation sites is 1. The molecule has 0 saturated carbocycles. The highest BCUT2D eigenvalue weighted by atomic mass is 16.5. The fourth-order valence-corrected chi connectivity index (χ4v) is 2.02. The van der Waals surface area contributed by atoms with Crippen LogP contribution in [0.5, 0.6) is 11.5 Å². The number of benzene rings is 2. The van der Waals surface area contributed by atoms with E-state index in [1.165, 1.54) is 12.4 Å². The molecule has 5 nitrogen and oxygen atoms in total. The second-order valence-electron chi connectivity index (χ2n) is 4.90. The summed E-state index contributed by atoms with van der Waals surface area (Å²) in [6, 6.07) is 18.2. The number of ether oxygens (including phenoxy) is 1. The number of nitrogens with zero attached hydrogens (tertiary/aromatic N) is 1. The maximum Gasteiger partial charge on any atom is 0.257 e. The zero-order valence-corrected chi connectivity index (χ0v) is 12.3. The lowest BCUT2D eigenvalue weighted by Crippen LogP contribution is -2.12. The summed E-state index contributed by atoms with van der Waals surface area (Å²) >= 11 is 0. The van der Waals surface area contributed by atoms with Gasteiger partial charge in [-0.1, -0.05) is 18.2 Å². The van der Waals surface area contributed by atoms with Crippen LogP contribution in [0.2, 0.25) is 0 Å². The lowest BCUT2D eigenvalue weighted by atomic mass is 10.2. The van der Waals surface area contributed by atoms with E-state index in [-0.39, 0.29) is 5.91 Å². The lowest BCUT2D eigenvalue weighted by molar-refractivity contribution is 0.102. The molecule has 0 radical (unpaired) electrons. The summed E-state index contributed by atoms with van der Waals surface area (Å²) in [5.74, 6) is 1.19. The molecule has 3 rings (SSSR count). The molecule has 1 amide bonds. The molecule has 3 N–H and O–H groups in total. The Morgan fingerprint density at radius 1 is 0.957 bits per heavy atom. The first-order valence-electron chi connectivity index (χ1n) is 7.05. The lowest BCUT2D eigenvalue weighted by Gasteiger charge is -2.08. The van der Waals surface area contributed by atoms with Crippen LogP contribution in [0.25, 0.3) is 0 Å². The summed E-state index contributed by atoms with van der Waals surface area (Å²) in [5.41, 5.74) is 7.15. The SMILES string of the molecule is Nc1cncc(C(=O)Nc2ccc(Oc3ccccc3)cc2)c1. The van der Waals surface area contributed by atoms with E-state index >= 15 is 0 Å². The molecule has 0 aliphatic carbocycles. The van der Waals surface area contributed by atoms with Crippen molar-refractivity contribution < 1.29 is 9.53 Å². The Kier molecular flexibility index (Phi) is 4.20. The Labute approximate surface area is 133 Å². The molecule has 23 heavy (non-hydrogen) atoms. The second-order valence-corrected chi connectivity index (χ2v) is 4.90. The molecule has 1 aromatic heterocycles. The Morgan fingerprint density at radius 3 is 2.35 bits per heavy atom. The van der Waals surface area contributed by atoms with Gasteiger partial charge in [-0.2, -0.15) is 0 Å². The van der Waals surface area contributed by atoms with Gasteiger partial charge >= 0.3 is 0 Å². The number of anilines is 2. The van der Waals surface area contributed by atoms with E-state index in [9.17, 15) is 4.79 Å². The molecular formula is C18H15N3O2. The van der Waals surface area contributed by atoms with Crippen LogP contribution in [0.15, 0.2) is 73.1 Å². The smallest absolute Gasteiger partial charge is 0.257 e. The van der Waals surface area contributed by atoms with Crippen molar-refractivity contribution in [2.24, 2.45) is 0 Å². The van der Waals surface area contributed by atoms with Crippen LogP contribution in [-0.2, 0) is 0 Å². The van der Waals surface area contributed by atoms with Crippen molar-refractivity contribution in [1.29, 1.82) is 0 Å². The first kappa shape index (κ1) is 14.6. The summed E-state index contributed by atoms with van der Waals surface area (Å²) < 4.78 is 5.70. The number of aromatic nitrogens is 1. The molecule has 0 saturated heterocycles. The minimum absolute atomic E-state index is 0.262. The number of hydrogen-bond donors (Lipinski definition) is 2. The number of nitrogens with two attached hydrogens (primary N) is 1. The number of carbonyl (C=O) groups is 1. The topological polar surface area (TPSA) is 77.2 Å². The third-order valence-corrected chi connectivity index (χ3v) is 3.11. The van der Waals surface area contributed by atoms with E-state index in [0.717, 1.165) is 5.75 Å². The van der Waals surface area contributed by atoms with Gasteiger partial charge in [-0.05, 0) is 42.5 Å². The highest BCUT2D eigenvalue weighted by molar-refractivity contribution is 6.04. The third-order valence-electron chi connectivity index (χ3n) is 3.11. The summed E-state index contributed by atoms with van der Waals surface area (Å²) in [4.78, 5) is 16.0. The Morgan fingerprint density at radius 2 is 1.65 bits per heavy atom. The summed E-state index contributed by atoms with van der Waals surface area (Å²) in [6.45, 7) is 0. The van der Waals surface area contributed by atoms with Gasteiger partial charge in [-0.15, -0.1) is 0 Å². The molecule has 0 unspecified atom stereocenters. The van der Waals surface area contributed by atoms with Crippen molar-refractivity contribution >= 4 is 17.3 Å². The Bertz CT molecular complexity index is 802. The minimum Gasteiger partial charge on any atom is -0.457 e. The average Bonchev–Trinajstić information content (AvgIpc) is 2.57. The molecule has 3 aromatic rings. The van der Waals surface area contributed by atoms with Crippen LogP contribution in [0.3, 0.4) is 0 Å². The van der Waals surface area contributed by atoms with Gasteiger partial charge in [0.1, 0.15) is 11.5 Å². The predicted molar refractivity (Wildman–Crippen MR) is 89.6 cm³/mol. The first-order chi connectivity index (χ1) is 11.2. The van der Waals surface area contributed by atoms with E-state index < -0.39 is 0 Å². The largest absolute Gasteiger partial charge is 0.457 e. The first-order valence-corrected chi connectivity index (χ1v) is 7.05. The molecule has 5 heteroatoms. The van der Waals surface area contributed by atoms with Gasteiger partial charge in [0, 0.05) is 18.1 Å². The fraction of sp³-hybridized carbons (Fsp3) is 0. The zero-order valence-electron chi connectivity index (χ0n) is 12.3. The van der Waals surface area contributed by atoms with Gasteiger partial charge in [-0.25, -0.2) is 0 Å². The summed E-state index contributed by atoms with van der Waals surface area (Å²) in [5, 5.41) is 2.79. The molecule has 0 aliphatic rings. The maximum atomic E-state index is 12.1. The van der Waals surface area contributed by atoms with Gasteiger partial charge in [0.2, 0.25) is 0 Å². The van der Waals surface area contributed by atoms with Gasteiger partial charge < -0.3 is 15.8 Å². The normalized spacial score (nSPS) is 10.1. The van der Waals surface area contributed by atoms with E-state index in [4.69, 9.17) is 10.5 Å². The molecule has 0 spiro atoms. The molecule has 1 heterocycles. The van der Waals surface area contributed by atoms with Gasteiger partial charge in [0.15, 0.2) is 0 Å². The molecule has 0 aliphatic heterocycles. The number of nitrogen functional groups attached to an aromatic ring is 1. The Balaban J connectivity index is 1.67. The van der Waals surface area contributed by atoms with Gasteiger partial charge in [0.25, 0.3) is 5.91 Å². The van der Waals surface area contributed by atoms with Crippen LogP contribution in [0.4, 0.5) is 11.4 Å². The highest BCUT2D eigenvalue weighted by Crippen LogP contribution is 2.22. The van der Waals surface area contributed by atoms with Crippen LogP contribution in [-0.4, -0.2) is 10.9 Å². The van der Waals surface area contributed by atoms with E-state index in [1.807, 2.05) is 30.3 Å². The molecule has 2 aromatic carbocycles. The van der Waals surface area contributed by atoms with Crippen molar-refractivity contribution in [2.75, 3.05) is 11.1 Å². The zero-order chi connectivity index (χ0) is 16.1. The standard InChI is InChI=1S/C18H15N3O2/c19-14-10-13(11-20-12-14)18(22)21-15-6-8-17(9-7-15)23-16-4-2-1-3-5-16/h1-12H,19H2,(H,21,22). The predicted octanol–water partition coefficient (Wildman–Crippen LogP) is 3.71. The van der Waals surface area contributed by atoms with Gasteiger partial charge in [0.05, 0.1) is 11.3 Å². The van der Waals surface area contributed by atoms with Crippen LogP contribution in [0, 0.1) is 0 Å². The quantitative estimate of drug-likeness (QED) is 0.770. The van der Waals surface area contributed by atoms with Crippen LogP contribution < -0.4 is 15.8 Å². The number of nitrogens with one attached hydrogen (secondary N) is 1. The van der Waals surface area contributed by atoms with E-state index in [2.05, 4.69) is 10.3 Å². The molecule has 0 fully saturated rings. The molecule has 114 valence electrons. The third kappa shape index (κ3) is 3.85. The van der Waals surface area contributed by atoms with Crippen molar-refractivity contribution in [3.8, 4) is 11.5 Å². The van der Waals surface area contributed by atoms with Crippen LogP contribution >= 0.6 is 0 Å². The van der Waals surface area contributed by atoms with Crippen molar-refractivity contribution in [1.82, 2.24) is 4.98 Å². The highest BCUT2D eigenvalue weighted by Gasteiger charge is 2.07. The number of amides is 1. The average molecular weight is 305 g/mol. The molecular weight excluding hydrogens is 290 g/mol. The van der Waals surface area contributed by atoms with Crippen molar-refractivity contribution in [2.45, 2.75) is 0 Å². The molecule has 0 atom stereocenters. The number of pyridine rings is 1. The van der Waals surface area contributed by atoms with E-state index in [0.29, 0.717) is 22.7 Å². The maximum absolute atomic E-state index is 12.1. The minimum atomic E-state index is -0.262. The van der Waals surface area contributed by atoms with Gasteiger partial charge in [-0.3, -0.25) is 9.78 Å². The molecule has 0 bridgehead atoms. The fourth-order valence-electron chi connectivity index (χ4n) is 2.02. The van der Waals surface area contributed by atoms with Crippen molar-refractivity contribution in [3.05, 3.63) is 78.6 Å². The summed E-state index contributed by atoms with van der Waals surface area (Å²) in [6.07, 6.45) is 2.96. The second kappa shape index (κ2) is 6.62. The number of hydrogen-bond acceptors (Lipinski definition) is 4. The van der Waals surface area contributed by atoms with E-state index in [1.54, 1.807) is 30.3 Å². The Hall–Kier alpha value is -3.34. The van der Waals surface area contributed by atoms with Crippen molar-refractivity contribution in [3.63, 3.8) is 0 Å². The monoisotopic (exact) mass is 305 g/mol. The summed E-state index contributed by atoms with van der Waals surface area (Å²) in [7, 11) is 0. The number of rotatable bonds is 4.